The third kappa shape index (κ3) is 4.05. The topological polar surface area (TPSA) is 73.3 Å². The molecule has 1 atom stereocenters. The van der Waals surface area contributed by atoms with Gasteiger partial charge in [-0.05, 0) is 26.1 Å². The minimum Gasteiger partial charge on any atom is -0.453 e. The molecule has 6 nitrogen and oxygen atoms in total. The number of furan rings is 1. The van der Waals surface area contributed by atoms with Gasteiger partial charge in [0.05, 0.1) is 0 Å². The first-order valence-electron chi connectivity index (χ1n) is 5.80. The first-order chi connectivity index (χ1) is 8.72. The average molecular weight is 288 g/mol. The van der Waals surface area contributed by atoms with Crippen LogP contribution in [0.15, 0.2) is 21.1 Å². The van der Waals surface area contributed by atoms with Crippen LogP contribution in [0.5, 0.6) is 0 Å². The highest BCUT2D eigenvalue weighted by molar-refractivity contribution is 5.85. The quantitative estimate of drug-likeness (QED) is 0.876. The summed E-state index contributed by atoms with van der Waals surface area (Å²) in [5, 5.41) is 7.04. The molecule has 19 heavy (non-hydrogen) atoms. The Morgan fingerprint density at radius 2 is 2.21 bits per heavy atom. The fourth-order valence-electron chi connectivity index (χ4n) is 1.53. The zero-order chi connectivity index (χ0) is 13.0. The van der Waals surface area contributed by atoms with Gasteiger partial charge in [0, 0.05) is 19.6 Å². The van der Waals surface area contributed by atoms with Crippen LogP contribution in [0.25, 0.3) is 11.7 Å². The highest BCUT2D eigenvalue weighted by Gasteiger charge is 2.14. The SMILES string of the molecule is CNC(C)Cc1noc(-c2ccc(COC)o2)n1.Cl. The predicted octanol–water partition coefficient (Wildman–Crippen LogP) is 2.05. The number of hydrogen-bond acceptors (Lipinski definition) is 6. The van der Waals surface area contributed by atoms with Crippen LogP contribution < -0.4 is 5.32 Å². The molecule has 0 bridgehead atoms. The molecule has 2 heterocycles. The molecular weight excluding hydrogens is 270 g/mol. The van der Waals surface area contributed by atoms with Crippen LogP contribution in [0.4, 0.5) is 0 Å². The van der Waals surface area contributed by atoms with Crippen molar-refractivity contribution in [2.75, 3.05) is 14.2 Å². The Labute approximate surface area is 117 Å². The van der Waals surface area contributed by atoms with E-state index in [0.29, 0.717) is 36.5 Å². The summed E-state index contributed by atoms with van der Waals surface area (Å²) in [6.07, 6.45) is 0.714. The molecule has 0 aliphatic heterocycles. The molecule has 0 saturated carbocycles. The number of likely N-dealkylation sites (N-methyl/N-ethyl adjacent to an activating group) is 1. The van der Waals surface area contributed by atoms with Crippen LogP contribution in [0, 0.1) is 0 Å². The summed E-state index contributed by atoms with van der Waals surface area (Å²) in [4.78, 5) is 4.29. The van der Waals surface area contributed by atoms with Crippen molar-refractivity contribution in [3.05, 3.63) is 23.7 Å². The van der Waals surface area contributed by atoms with Crippen molar-refractivity contribution < 1.29 is 13.7 Å². The maximum atomic E-state index is 5.52. The predicted molar refractivity (Wildman–Crippen MR) is 72.2 cm³/mol. The Hall–Kier alpha value is -1.37. The van der Waals surface area contributed by atoms with Gasteiger partial charge in [0.25, 0.3) is 5.89 Å². The number of ether oxygens (including phenoxy) is 1. The molecule has 0 spiro atoms. The zero-order valence-corrected chi connectivity index (χ0v) is 12.0. The Bertz CT molecular complexity index is 498. The standard InChI is InChI=1S/C12H17N3O3.ClH/c1-8(13-2)6-11-14-12(18-15-11)10-5-4-9(17-10)7-16-3;/h4-5,8,13H,6-7H2,1-3H3;1H. The second-order valence-corrected chi connectivity index (χ2v) is 4.11. The maximum absolute atomic E-state index is 5.52. The Kier molecular flexibility index (Phi) is 6.01. The summed E-state index contributed by atoms with van der Waals surface area (Å²) in [5.41, 5.74) is 0. The molecule has 0 fully saturated rings. The molecule has 0 saturated heterocycles. The third-order valence-corrected chi connectivity index (χ3v) is 2.61. The van der Waals surface area contributed by atoms with Crippen LogP contribution in [-0.2, 0) is 17.8 Å². The van der Waals surface area contributed by atoms with Gasteiger partial charge in [-0.2, -0.15) is 4.98 Å². The number of aromatic nitrogens is 2. The van der Waals surface area contributed by atoms with E-state index in [0.717, 1.165) is 5.76 Å². The Balaban J connectivity index is 0.00000180. The van der Waals surface area contributed by atoms with E-state index < -0.39 is 0 Å². The Morgan fingerprint density at radius 3 is 2.89 bits per heavy atom. The fourth-order valence-corrected chi connectivity index (χ4v) is 1.53. The molecule has 0 aliphatic rings. The van der Waals surface area contributed by atoms with Gasteiger partial charge in [0.15, 0.2) is 11.6 Å². The number of nitrogens with one attached hydrogen (secondary N) is 1. The van der Waals surface area contributed by atoms with E-state index in [1.807, 2.05) is 13.1 Å². The summed E-state index contributed by atoms with van der Waals surface area (Å²) in [7, 11) is 3.52. The third-order valence-electron chi connectivity index (χ3n) is 2.61. The van der Waals surface area contributed by atoms with E-state index in [1.165, 1.54) is 0 Å². The van der Waals surface area contributed by atoms with E-state index >= 15 is 0 Å². The van der Waals surface area contributed by atoms with Gasteiger partial charge >= 0.3 is 0 Å². The van der Waals surface area contributed by atoms with E-state index in [1.54, 1.807) is 13.2 Å². The second-order valence-electron chi connectivity index (χ2n) is 4.11. The molecule has 0 aromatic carbocycles. The minimum atomic E-state index is 0. The van der Waals surface area contributed by atoms with E-state index in [4.69, 9.17) is 13.7 Å². The highest BCUT2D eigenvalue weighted by atomic mass is 35.5. The van der Waals surface area contributed by atoms with E-state index in [-0.39, 0.29) is 12.4 Å². The molecule has 1 unspecified atom stereocenters. The lowest BCUT2D eigenvalue weighted by Gasteiger charge is -2.04. The lowest BCUT2D eigenvalue weighted by atomic mass is 10.2. The van der Waals surface area contributed by atoms with Crippen LogP contribution in [-0.4, -0.2) is 30.3 Å². The molecule has 0 radical (unpaired) electrons. The van der Waals surface area contributed by atoms with Gasteiger partial charge in [-0.25, -0.2) is 0 Å². The monoisotopic (exact) mass is 287 g/mol. The lowest BCUT2D eigenvalue weighted by Crippen LogP contribution is -2.24. The molecular formula is C12H18ClN3O3. The number of rotatable bonds is 6. The van der Waals surface area contributed by atoms with Crippen LogP contribution in [0.3, 0.4) is 0 Å². The van der Waals surface area contributed by atoms with Gasteiger partial charge in [-0.3, -0.25) is 0 Å². The molecule has 106 valence electrons. The lowest BCUT2D eigenvalue weighted by molar-refractivity contribution is 0.164. The largest absolute Gasteiger partial charge is 0.453 e. The first kappa shape index (κ1) is 15.7. The van der Waals surface area contributed by atoms with Gasteiger partial charge in [0.1, 0.15) is 12.4 Å². The summed E-state index contributed by atoms with van der Waals surface area (Å²) in [5.74, 6) is 2.36. The molecule has 2 rings (SSSR count). The van der Waals surface area contributed by atoms with Crippen LogP contribution in [0.1, 0.15) is 18.5 Å². The molecule has 2 aromatic heterocycles. The van der Waals surface area contributed by atoms with Crippen LogP contribution >= 0.6 is 12.4 Å². The van der Waals surface area contributed by atoms with Crippen molar-refractivity contribution in [1.82, 2.24) is 15.5 Å². The van der Waals surface area contributed by atoms with Crippen molar-refractivity contribution in [1.29, 1.82) is 0 Å². The van der Waals surface area contributed by atoms with Crippen LogP contribution in [0.2, 0.25) is 0 Å². The summed E-state index contributed by atoms with van der Waals surface area (Å²) >= 11 is 0. The molecule has 0 aliphatic carbocycles. The average Bonchev–Trinajstić information content (AvgIpc) is 2.98. The van der Waals surface area contributed by atoms with Crippen molar-refractivity contribution in [3.8, 4) is 11.7 Å². The highest BCUT2D eigenvalue weighted by Crippen LogP contribution is 2.20. The molecule has 0 amide bonds. The summed E-state index contributed by atoms with van der Waals surface area (Å²) in [6, 6.07) is 3.93. The van der Waals surface area contributed by atoms with E-state index in [9.17, 15) is 0 Å². The van der Waals surface area contributed by atoms with Gasteiger partial charge in [0.2, 0.25) is 0 Å². The molecule has 7 heteroatoms. The van der Waals surface area contributed by atoms with E-state index in [2.05, 4.69) is 22.4 Å². The van der Waals surface area contributed by atoms with Crippen molar-refractivity contribution in [2.24, 2.45) is 0 Å². The van der Waals surface area contributed by atoms with Crippen molar-refractivity contribution >= 4 is 12.4 Å². The minimum absolute atomic E-state index is 0. The Morgan fingerprint density at radius 1 is 1.42 bits per heavy atom. The summed E-state index contributed by atoms with van der Waals surface area (Å²) < 4.78 is 15.7. The summed E-state index contributed by atoms with van der Waals surface area (Å²) in [6.45, 7) is 2.48. The second kappa shape index (κ2) is 7.28. The maximum Gasteiger partial charge on any atom is 0.293 e. The molecule has 2 aromatic rings. The van der Waals surface area contributed by atoms with Gasteiger partial charge in [-0.1, -0.05) is 5.16 Å². The number of nitrogens with zero attached hydrogens (tertiary/aromatic N) is 2. The van der Waals surface area contributed by atoms with Crippen molar-refractivity contribution in [3.63, 3.8) is 0 Å². The zero-order valence-electron chi connectivity index (χ0n) is 11.2. The van der Waals surface area contributed by atoms with Gasteiger partial charge in [-0.15, -0.1) is 12.4 Å². The smallest absolute Gasteiger partial charge is 0.293 e. The normalized spacial score (nSPS) is 12.2. The van der Waals surface area contributed by atoms with Gasteiger partial charge < -0.3 is 19.0 Å². The number of halogens is 1. The van der Waals surface area contributed by atoms with Crippen molar-refractivity contribution in [2.45, 2.75) is 26.0 Å². The molecule has 1 N–H and O–H groups in total. The number of methoxy groups -OCH3 is 1. The fraction of sp³-hybridized carbons (Fsp3) is 0.500. The number of hydrogen-bond donors (Lipinski definition) is 1. The first-order valence-corrected chi connectivity index (χ1v) is 5.80.